The van der Waals surface area contributed by atoms with Crippen molar-refractivity contribution in [1.29, 1.82) is 0 Å². The van der Waals surface area contributed by atoms with E-state index in [-0.39, 0.29) is 24.0 Å². The maximum atomic E-state index is 11.7. The summed E-state index contributed by atoms with van der Waals surface area (Å²) in [5.41, 5.74) is 1.56. The molecule has 9 heteroatoms. The summed E-state index contributed by atoms with van der Waals surface area (Å²) in [6, 6.07) is 7.67. The van der Waals surface area contributed by atoms with E-state index in [2.05, 4.69) is 15.6 Å². The Labute approximate surface area is 207 Å². The largest absolute Gasteiger partial charge is 0.490 e. The van der Waals surface area contributed by atoms with Gasteiger partial charge in [-0.3, -0.25) is 0 Å². The van der Waals surface area contributed by atoms with Gasteiger partial charge in [-0.15, -0.1) is 24.0 Å². The van der Waals surface area contributed by atoms with Crippen molar-refractivity contribution in [2.75, 3.05) is 33.4 Å². The number of carbonyl (C=O) groups is 1. The molecule has 32 heavy (non-hydrogen) atoms. The second-order valence-electron chi connectivity index (χ2n) is 6.69. The molecule has 0 amide bonds. The summed E-state index contributed by atoms with van der Waals surface area (Å²) in [5, 5.41) is 6.53. The van der Waals surface area contributed by atoms with E-state index in [1.165, 1.54) is 7.11 Å². The van der Waals surface area contributed by atoms with Gasteiger partial charge in [-0.2, -0.15) is 0 Å². The molecule has 2 aromatic rings. The van der Waals surface area contributed by atoms with Gasteiger partial charge in [-0.1, -0.05) is 6.07 Å². The van der Waals surface area contributed by atoms with Gasteiger partial charge in [0.05, 0.1) is 20.3 Å². The molecule has 0 unspecified atom stereocenters. The summed E-state index contributed by atoms with van der Waals surface area (Å²) >= 11 is 0. The van der Waals surface area contributed by atoms with Crippen molar-refractivity contribution in [3.63, 3.8) is 0 Å². The number of halogens is 1. The molecule has 1 aromatic carbocycles. The fraction of sp³-hybridized carbons (Fsp3) is 0.478. The van der Waals surface area contributed by atoms with Gasteiger partial charge < -0.3 is 29.3 Å². The first kappa shape index (κ1) is 27.6. The van der Waals surface area contributed by atoms with Gasteiger partial charge >= 0.3 is 5.97 Å². The van der Waals surface area contributed by atoms with Crippen LogP contribution in [0.3, 0.4) is 0 Å². The molecule has 1 aromatic heterocycles. The van der Waals surface area contributed by atoms with Crippen molar-refractivity contribution >= 4 is 35.9 Å². The number of esters is 1. The van der Waals surface area contributed by atoms with Gasteiger partial charge in [0.2, 0.25) is 0 Å². The van der Waals surface area contributed by atoms with Crippen molar-refractivity contribution in [3.05, 3.63) is 46.9 Å². The first-order valence-corrected chi connectivity index (χ1v) is 10.6. The van der Waals surface area contributed by atoms with Crippen molar-refractivity contribution in [2.24, 2.45) is 4.99 Å². The number of guanidine groups is 1. The summed E-state index contributed by atoms with van der Waals surface area (Å²) in [4.78, 5) is 16.3. The fourth-order valence-corrected chi connectivity index (χ4v) is 3.01. The van der Waals surface area contributed by atoms with E-state index in [0.29, 0.717) is 49.3 Å². The average Bonchev–Trinajstić information content (AvgIpc) is 3.14. The lowest BCUT2D eigenvalue weighted by Gasteiger charge is -2.14. The number of aliphatic imine (C=N–C) groups is 1. The molecule has 2 rings (SSSR count). The second-order valence-corrected chi connectivity index (χ2v) is 6.69. The number of ether oxygens (including phenoxy) is 3. The first-order valence-electron chi connectivity index (χ1n) is 10.6. The third-order valence-electron chi connectivity index (χ3n) is 4.43. The van der Waals surface area contributed by atoms with Gasteiger partial charge in [0.1, 0.15) is 23.6 Å². The molecule has 0 aliphatic carbocycles. The Morgan fingerprint density at radius 2 is 1.78 bits per heavy atom. The Balaban J connectivity index is 0.00000512. The maximum Gasteiger partial charge on any atom is 0.341 e. The number of rotatable bonds is 11. The maximum absolute atomic E-state index is 11.7. The number of hydrogen-bond donors (Lipinski definition) is 2. The molecular weight excluding hydrogens is 525 g/mol. The quantitative estimate of drug-likeness (QED) is 0.186. The zero-order chi connectivity index (χ0) is 22.6. The van der Waals surface area contributed by atoms with E-state index >= 15 is 0 Å². The number of methoxy groups -OCH3 is 1. The third-order valence-corrected chi connectivity index (χ3v) is 4.43. The number of aryl methyl sites for hydroxylation is 1. The van der Waals surface area contributed by atoms with Gasteiger partial charge in [0, 0.05) is 13.1 Å². The summed E-state index contributed by atoms with van der Waals surface area (Å²) in [5.74, 6) is 2.90. The Bertz CT molecular complexity index is 883. The third kappa shape index (κ3) is 8.25. The molecule has 0 bridgehead atoms. The lowest BCUT2D eigenvalue weighted by atomic mass is 10.1. The van der Waals surface area contributed by atoms with E-state index < -0.39 is 5.97 Å². The molecule has 2 N–H and O–H groups in total. The molecule has 0 spiro atoms. The van der Waals surface area contributed by atoms with Gasteiger partial charge in [-0.05, 0) is 57.9 Å². The molecule has 0 saturated heterocycles. The van der Waals surface area contributed by atoms with Crippen LogP contribution in [-0.2, 0) is 17.7 Å². The summed E-state index contributed by atoms with van der Waals surface area (Å²) in [6.07, 6.45) is 0.795. The molecule has 1 heterocycles. The van der Waals surface area contributed by atoms with Crippen LogP contribution in [0, 0.1) is 6.92 Å². The van der Waals surface area contributed by atoms with Crippen molar-refractivity contribution < 1.29 is 23.4 Å². The Kier molecular flexibility index (Phi) is 12.6. The van der Waals surface area contributed by atoms with Crippen LogP contribution in [0.15, 0.2) is 33.7 Å². The lowest BCUT2D eigenvalue weighted by molar-refractivity contribution is 0.0599. The standard InChI is InChI=1S/C23H33N3O5.HI/c1-6-24-23(26-15-18-14-19(16(4)31-18)22(27)28-5)25-12-11-17-9-10-20(29-7-2)21(13-17)30-8-3;/h9-10,13-14H,6-8,11-12,15H2,1-5H3,(H2,24,25,26);1H. The first-order chi connectivity index (χ1) is 15.0. The minimum Gasteiger partial charge on any atom is -0.490 e. The monoisotopic (exact) mass is 559 g/mol. The number of nitrogens with one attached hydrogen (secondary N) is 2. The highest BCUT2D eigenvalue weighted by Crippen LogP contribution is 2.28. The Morgan fingerprint density at radius 1 is 1.06 bits per heavy atom. The van der Waals surface area contributed by atoms with E-state index in [4.69, 9.17) is 18.6 Å². The number of benzene rings is 1. The van der Waals surface area contributed by atoms with Crippen LogP contribution in [0.1, 0.15) is 48.2 Å². The van der Waals surface area contributed by atoms with Crippen LogP contribution in [0.2, 0.25) is 0 Å². The number of hydrogen-bond acceptors (Lipinski definition) is 6. The van der Waals surface area contributed by atoms with Crippen LogP contribution in [-0.4, -0.2) is 45.3 Å². The molecule has 8 nitrogen and oxygen atoms in total. The Morgan fingerprint density at radius 3 is 2.44 bits per heavy atom. The number of furan rings is 1. The summed E-state index contributed by atoms with van der Waals surface area (Å²) in [6.45, 7) is 10.6. The molecule has 0 radical (unpaired) electrons. The van der Waals surface area contributed by atoms with Crippen LogP contribution in [0.25, 0.3) is 0 Å². The normalized spacial score (nSPS) is 10.8. The highest BCUT2D eigenvalue weighted by Gasteiger charge is 2.15. The topological polar surface area (TPSA) is 94.3 Å². The number of nitrogens with zero attached hydrogens (tertiary/aromatic N) is 1. The highest BCUT2D eigenvalue weighted by molar-refractivity contribution is 14.0. The van der Waals surface area contributed by atoms with Crippen molar-refractivity contribution in [2.45, 2.75) is 40.7 Å². The highest BCUT2D eigenvalue weighted by atomic mass is 127. The second kappa shape index (κ2) is 14.6. The van der Waals surface area contributed by atoms with E-state index in [1.807, 2.05) is 39.0 Å². The molecule has 0 atom stereocenters. The lowest BCUT2D eigenvalue weighted by Crippen LogP contribution is -2.38. The van der Waals surface area contributed by atoms with Crippen LogP contribution < -0.4 is 20.1 Å². The van der Waals surface area contributed by atoms with Gasteiger partial charge in [0.15, 0.2) is 17.5 Å². The van der Waals surface area contributed by atoms with Gasteiger partial charge in [-0.25, -0.2) is 9.79 Å². The summed E-state index contributed by atoms with van der Waals surface area (Å²) < 4.78 is 21.7. The van der Waals surface area contributed by atoms with Crippen molar-refractivity contribution in [1.82, 2.24) is 10.6 Å². The molecule has 0 aliphatic heterocycles. The van der Waals surface area contributed by atoms with Crippen LogP contribution in [0.5, 0.6) is 11.5 Å². The molecular formula is C23H34IN3O5. The van der Waals surface area contributed by atoms with Crippen LogP contribution in [0.4, 0.5) is 0 Å². The predicted molar refractivity (Wildman–Crippen MR) is 136 cm³/mol. The van der Waals surface area contributed by atoms with E-state index in [0.717, 1.165) is 30.0 Å². The number of carbonyl (C=O) groups excluding carboxylic acids is 1. The van der Waals surface area contributed by atoms with E-state index in [9.17, 15) is 4.79 Å². The smallest absolute Gasteiger partial charge is 0.341 e. The minimum absolute atomic E-state index is 0. The van der Waals surface area contributed by atoms with Crippen LogP contribution >= 0.6 is 24.0 Å². The molecule has 0 aliphatic rings. The molecule has 0 fully saturated rings. The van der Waals surface area contributed by atoms with Crippen molar-refractivity contribution in [3.8, 4) is 11.5 Å². The van der Waals surface area contributed by atoms with Gasteiger partial charge in [0.25, 0.3) is 0 Å². The SMILES string of the molecule is CCNC(=NCc1cc(C(=O)OC)c(C)o1)NCCc1ccc(OCC)c(OCC)c1.I. The molecule has 0 saturated carbocycles. The zero-order valence-electron chi connectivity index (χ0n) is 19.4. The fourth-order valence-electron chi connectivity index (χ4n) is 3.01. The Hall–Kier alpha value is -2.43. The predicted octanol–water partition coefficient (Wildman–Crippen LogP) is 4.09. The van der Waals surface area contributed by atoms with E-state index in [1.54, 1.807) is 13.0 Å². The minimum atomic E-state index is -0.414. The zero-order valence-corrected chi connectivity index (χ0v) is 21.8. The summed E-state index contributed by atoms with van der Waals surface area (Å²) in [7, 11) is 1.35. The molecule has 178 valence electrons. The average molecular weight is 559 g/mol.